The smallest absolute Gasteiger partial charge is 0.298 e. The van der Waals surface area contributed by atoms with Crippen molar-refractivity contribution in [2.24, 2.45) is 5.92 Å². The second-order valence-corrected chi connectivity index (χ2v) is 5.22. The zero-order chi connectivity index (χ0) is 12.4. The first kappa shape index (κ1) is 12.4. The molecule has 1 heterocycles. The molecule has 1 fully saturated rings. The molecule has 1 saturated carbocycles. The van der Waals surface area contributed by atoms with E-state index in [1.807, 2.05) is 0 Å². The minimum Gasteiger partial charge on any atom is -0.298 e. The van der Waals surface area contributed by atoms with Crippen LogP contribution in [0.1, 0.15) is 45.1 Å². The summed E-state index contributed by atoms with van der Waals surface area (Å²) in [5, 5.41) is 0.109. The van der Waals surface area contributed by atoms with Crippen LogP contribution in [0.4, 0.5) is 0 Å². The number of halogens is 1. The van der Waals surface area contributed by atoms with Crippen LogP contribution in [0.2, 0.25) is 5.15 Å². The Labute approximate surface area is 105 Å². The van der Waals surface area contributed by atoms with Gasteiger partial charge in [-0.3, -0.25) is 14.3 Å². The zero-order valence-corrected chi connectivity index (χ0v) is 10.7. The fourth-order valence-electron chi connectivity index (χ4n) is 2.65. The van der Waals surface area contributed by atoms with Crippen LogP contribution in [-0.4, -0.2) is 9.55 Å². The third-order valence-corrected chi connectivity index (χ3v) is 3.78. The summed E-state index contributed by atoms with van der Waals surface area (Å²) in [6.07, 6.45) is 5.40. The lowest BCUT2D eigenvalue weighted by Gasteiger charge is -2.22. The number of hydrogen-bond donors (Lipinski definition) is 1. The summed E-state index contributed by atoms with van der Waals surface area (Å²) in [6.45, 7) is 2.11. The fraction of sp³-hybridized carbons (Fsp3) is 0.667. The fourth-order valence-corrected chi connectivity index (χ4v) is 2.82. The molecule has 0 spiro atoms. The predicted molar refractivity (Wildman–Crippen MR) is 67.6 cm³/mol. The van der Waals surface area contributed by atoms with E-state index in [-0.39, 0.29) is 22.4 Å². The molecule has 1 aliphatic carbocycles. The van der Waals surface area contributed by atoms with E-state index in [1.165, 1.54) is 23.5 Å². The molecule has 1 aliphatic rings. The molecule has 0 radical (unpaired) electrons. The number of rotatable bonds is 1. The van der Waals surface area contributed by atoms with Crippen molar-refractivity contribution < 1.29 is 0 Å². The van der Waals surface area contributed by atoms with Crippen LogP contribution in [0.3, 0.4) is 0 Å². The van der Waals surface area contributed by atoms with Crippen LogP contribution < -0.4 is 11.2 Å². The van der Waals surface area contributed by atoms with Crippen LogP contribution in [0.25, 0.3) is 0 Å². The lowest BCUT2D eigenvalue weighted by atomic mass is 9.97. The van der Waals surface area contributed by atoms with Crippen molar-refractivity contribution in [3.05, 3.63) is 32.1 Å². The Balaban J connectivity index is 2.45. The minimum absolute atomic E-state index is 0.00557. The van der Waals surface area contributed by atoms with Crippen LogP contribution in [0.5, 0.6) is 0 Å². The molecule has 2 atom stereocenters. The van der Waals surface area contributed by atoms with Crippen molar-refractivity contribution in [1.29, 1.82) is 0 Å². The Kier molecular flexibility index (Phi) is 3.72. The van der Waals surface area contributed by atoms with E-state index in [0.29, 0.717) is 5.92 Å². The van der Waals surface area contributed by atoms with Gasteiger partial charge in [0.2, 0.25) is 0 Å². The minimum atomic E-state index is -0.388. The van der Waals surface area contributed by atoms with Gasteiger partial charge in [0.1, 0.15) is 5.15 Å². The number of aromatic nitrogens is 2. The Morgan fingerprint density at radius 1 is 1.29 bits per heavy atom. The van der Waals surface area contributed by atoms with Crippen molar-refractivity contribution >= 4 is 11.6 Å². The highest BCUT2D eigenvalue weighted by Gasteiger charge is 2.24. The summed E-state index contributed by atoms with van der Waals surface area (Å²) < 4.78 is 1.34. The topological polar surface area (TPSA) is 54.9 Å². The van der Waals surface area contributed by atoms with E-state index in [4.69, 9.17) is 11.6 Å². The van der Waals surface area contributed by atoms with Crippen LogP contribution >= 0.6 is 11.6 Å². The van der Waals surface area contributed by atoms with Gasteiger partial charge in [-0.1, -0.05) is 37.8 Å². The summed E-state index contributed by atoms with van der Waals surface area (Å²) in [4.78, 5) is 26.2. The summed E-state index contributed by atoms with van der Waals surface area (Å²) in [6, 6.07) is 1.28. The van der Waals surface area contributed by atoms with Gasteiger partial charge in [0.05, 0.1) is 0 Å². The standard InChI is InChI=1S/C12H17ClN2O2/c1-8-5-3-2-4-6-9(8)15-11(16)7-10(13)14-12(15)17/h7-9H,2-6H2,1H3,(H,14,17). The quantitative estimate of drug-likeness (QED) is 0.619. The third kappa shape index (κ3) is 2.63. The molecule has 0 saturated heterocycles. The van der Waals surface area contributed by atoms with Crippen LogP contribution in [0.15, 0.2) is 15.7 Å². The lowest BCUT2D eigenvalue weighted by molar-refractivity contribution is 0.316. The molecule has 1 aromatic rings. The zero-order valence-electron chi connectivity index (χ0n) is 9.91. The molecule has 4 nitrogen and oxygen atoms in total. The average Bonchev–Trinajstić information content (AvgIpc) is 2.43. The van der Waals surface area contributed by atoms with Crippen molar-refractivity contribution in [3.8, 4) is 0 Å². The van der Waals surface area contributed by atoms with Crippen molar-refractivity contribution in [3.63, 3.8) is 0 Å². The van der Waals surface area contributed by atoms with E-state index in [1.54, 1.807) is 0 Å². The number of aromatic amines is 1. The van der Waals surface area contributed by atoms with E-state index < -0.39 is 0 Å². The second kappa shape index (κ2) is 5.08. The molecule has 0 bridgehead atoms. The van der Waals surface area contributed by atoms with E-state index in [2.05, 4.69) is 11.9 Å². The third-order valence-electron chi connectivity index (χ3n) is 3.58. The van der Waals surface area contributed by atoms with Gasteiger partial charge in [0, 0.05) is 12.1 Å². The normalized spacial score (nSPS) is 25.5. The Bertz CT molecular complexity index is 475. The average molecular weight is 257 g/mol. The lowest BCUT2D eigenvalue weighted by Crippen LogP contribution is -2.39. The molecule has 2 rings (SSSR count). The SMILES string of the molecule is CC1CCCCCC1n1c(=O)cc(Cl)[nH]c1=O. The van der Waals surface area contributed by atoms with Crippen molar-refractivity contribution in [2.75, 3.05) is 0 Å². The highest BCUT2D eigenvalue weighted by atomic mass is 35.5. The van der Waals surface area contributed by atoms with Gasteiger partial charge >= 0.3 is 5.69 Å². The molecule has 0 aromatic carbocycles. The van der Waals surface area contributed by atoms with Crippen molar-refractivity contribution in [1.82, 2.24) is 9.55 Å². The Hall–Kier alpha value is -1.03. The molecule has 17 heavy (non-hydrogen) atoms. The number of nitrogens with zero attached hydrogens (tertiary/aromatic N) is 1. The van der Waals surface area contributed by atoms with Crippen LogP contribution in [-0.2, 0) is 0 Å². The number of H-pyrrole nitrogens is 1. The maximum absolute atomic E-state index is 11.9. The molecular formula is C12H17ClN2O2. The summed E-state index contributed by atoms with van der Waals surface area (Å²) in [7, 11) is 0. The molecule has 2 unspecified atom stereocenters. The van der Waals surface area contributed by atoms with Gasteiger partial charge in [-0.2, -0.15) is 0 Å². The maximum Gasteiger partial charge on any atom is 0.329 e. The monoisotopic (exact) mass is 256 g/mol. The largest absolute Gasteiger partial charge is 0.329 e. The number of nitrogens with one attached hydrogen (secondary N) is 1. The predicted octanol–water partition coefficient (Wildman–Crippen LogP) is 2.33. The first-order valence-corrected chi connectivity index (χ1v) is 6.49. The van der Waals surface area contributed by atoms with Gasteiger partial charge in [-0.05, 0) is 18.8 Å². The maximum atomic E-state index is 11.9. The van der Waals surface area contributed by atoms with E-state index >= 15 is 0 Å². The molecule has 0 amide bonds. The molecule has 5 heteroatoms. The number of hydrogen-bond acceptors (Lipinski definition) is 2. The summed E-state index contributed by atoms with van der Waals surface area (Å²) in [5.74, 6) is 0.359. The van der Waals surface area contributed by atoms with E-state index in [9.17, 15) is 9.59 Å². The van der Waals surface area contributed by atoms with Gasteiger partial charge in [0.15, 0.2) is 0 Å². The molecule has 1 N–H and O–H groups in total. The van der Waals surface area contributed by atoms with E-state index in [0.717, 1.165) is 19.3 Å². The highest BCUT2D eigenvalue weighted by molar-refractivity contribution is 6.29. The highest BCUT2D eigenvalue weighted by Crippen LogP contribution is 2.30. The Morgan fingerprint density at radius 2 is 2.00 bits per heavy atom. The molecule has 0 aliphatic heterocycles. The molecular weight excluding hydrogens is 240 g/mol. The summed E-state index contributed by atoms with van der Waals surface area (Å²) in [5.41, 5.74) is -0.682. The van der Waals surface area contributed by atoms with Gasteiger partial charge in [-0.15, -0.1) is 0 Å². The first-order chi connectivity index (χ1) is 8.09. The van der Waals surface area contributed by atoms with Crippen LogP contribution in [0, 0.1) is 5.92 Å². The van der Waals surface area contributed by atoms with Crippen molar-refractivity contribution in [2.45, 2.75) is 45.1 Å². The van der Waals surface area contributed by atoms with Gasteiger partial charge in [0.25, 0.3) is 5.56 Å². The second-order valence-electron chi connectivity index (χ2n) is 4.81. The Morgan fingerprint density at radius 3 is 2.71 bits per heavy atom. The molecule has 1 aromatic heterocycles. The summed E-state index contributed by atoms with van der Waals surface area (Å²) >= 11 is 5.66. The van der Waals surface area contributed by atoms with Gasteiger partial charge < -0.3 is 0 Å². The first-order valence-electron chi connectivity index (χ1n) is 6.11. The van der Waals surface area contributed by atoms with Gasteiger partial charge in [-0.25, -0.2) is 4.79 Å². The molecule has 94 valence electrons.